The average Bonchev–Trinajstić information content (AvgIpc) is 3.13. The van der Waals surface area contributed by atoms with Gasteiger partial charge in [-0.25, -0.2) is 9.37 Å². The van der Waals surface area contributed by atoms with Crippen LogP contribution in [0.1, 0.15) is 5.82 Å². The summed E-state index contributed by atoms with van der Waals surface area (Å²) >= 11 is 7.24. The van der Waals surface area contributed by atoms with E-state index in [1.165, 1.54) is 23.5 Å². The van der Waals surface area contributed by atoms with Crippen molar-refractivity contribution in [1.82, 2.24) is 14.9 Å². The summed E-state index contributed by atoms with van der Waals surface area (Å²) in [5.41, 5.74) is 1.76. The van der Waals surface area contributed by atoms with Crippen LogP contribution in [-0.4, -0.2) is 34.4 Å². The second kappa shape index (κ2) is 8.97. The van der Waals surface area contributed by atoms with Gasteiger partial charge in [0.1, 0.15) is 16.3 Å². The number of hydrogen-bond donors (Lipinski definition) is 2. The molecule has 4 aromatic rings. The van der Waals surface area contributed by atoms with Gasteiger partial charge in [-0.3, -0.25) is 14.5 Å². The number of halogens is 2. The number of amides is 1. The summed E-state index contributed by atoms with van der Waals surface area (Å²) < 4.78 is 13.7. The van der Waals surface area contributed by atoms with E-state index in [-0.39, 0.29) is 30.4 Å². The van der Waals surface area contributed by atoms with Crippen LogP contribution in [0, 0.1) is 5.82 Å². The van der Waals surface area contributed by atoms with Crippen molar-refractivity contribution in [2.24, 2.45) is 0 Å². The third-order valence-corrected chi connectivity index (χ3v) is 5.91. The SMILES string of the molecule is CN(CC(=O)Nc1cccc(Cl)c1)Cc1nc2cc(-c3ccc(F)cc3)sc2c(=O)[nH]1. The molecule has 31 heavy (non-hydrogen) atoms. The van der Waals surface area contributed by atoms with E-state index in [9.17, 15) is 14.0 Å². The van der Waals surface area contributed by atoms with E-state index in [1.807, 2.05) is 6.07 Å². The molecule has 158 valence electrons. The van der Waals surface area contributed by atoms with E-state index in [0.717, 1.165) is 10.4 Å². The van der Waals surface area contributed by atoms with Crippen molar-refractivity contribution in [3.63, 3.8) is 0 Å². The van der Waals surface area contributed by atoms with Gasteiger partial charge in [0.2, 0.25) is 5.91 Å². The molecule has 0 saturated heterocycles. The summed E-state index contributed by atoms with van der Waals surface area (Å²) in [5, 5.41) is 3.32. The molecule has 0 aliphatic rings. The summed E-state index contributed by atoms with van der Waals surface area (Å²) in [5.74, 6) is -0.0631. The van der Waals surface area contributed by atoms with Crippen LogP contribution in [-0.2, 0) is 11.3 Å². The minimum absolute atomic E-state index is 0.110. The van der Waals surface area contributed by atoms with E-state index in [0.29, 0.717) is 26.8 Å². The highest BCUT2D eigenvalue weighted by Crippen LogP contribution is 2.30. The first-order valence-electron chi connectivity index (χ1n) is 9.40. The number of thiophene rings is 1. The standard InChI is InChI=1S/C22H18ClFN4O2S/c1-28(12-20(29)25-16-4-2-3-14(23)9-16)11-19-26-17-10-18(31-21(17)22(30)27-19)13-5-7-15(24)8-6-13/h2-10H,11-12H2,1H3,(H,25,29)(H,26,27,30). The Morgan fingerprint density at radius 1 is 1.23 bits per heavy atom. The van der Waals surface area contributed by atoms with Gasteiger partial charge < -0.3 is 10.3 Å². The fraction of sp³-hybridized carbons (Fsp3) is 0.136. The molecule has 0 bridgehead atoms. The van der Waals surface area contributed by atoms with Crippen LogP contribution >= 0.6 is 22.9 Å². The van der Waals surface area contributed by atoms with Crippen molar-refractivity contribution >= 4 is 44.7 Å². The number of anilines is 1. The average molecular weight is 457 g/mol. The molecule has 0 radical (unpaired) electrons. The first-order chi connectivity index (χ1) is 14.9. The molecular weight excluding hydrogens is 439 g/mol. The minimum Gasteiger partial charge on any atom is -0.325 e. The highest BCUT2D eigenvalue weighted by Gasteiger charge is 2.13. The van der Waals surface area contributed by atoms with E-state index in [1.54, 1.807) is 48.3 Å². The summed E-state index contributed by atoms with van der Waals surface area (Å²) in [6, 6.07) is 14.8. The topological polar surface area (TPSA) is 78.1 Å². The van der Waals surface area contributed by atoms with Crippen LogP contribution in [0.2, 0.25) is 5.02 Å². The summed E-state index contributed by atoms with van der Waals surface area (Å²) in [6.45, 7) is 0.397. The molecule has 6 nitrogen and oxygen atoms in total. The van der Waals surface area contributed by atoms with Gasteiger partial charge in [-0.15, -0.1) is 11.3 Å². The number of benzene rings is 2. The number of fused-ring (bicyclic) bond motifs is 1. The number of hydrogen-bond acceptors (Lipinski definition) is 5. The van der Waals surface area contributed by atoms with Crippen molar-refractivity contribution in [3.8, 4) is 10.4 Å². The molecule has 2 aromatic carbocycles. The smallest absolute Gasteiger partial charge is 0.268 e. The van der Waals surface area contributed by atoms with Gasteiger partial charge in [-0.2, -0.15) is 0 Å². The molecule has 1 amide bonds. The van der Waals surface area contributed by atoms with Crippen LogP contribution in [0.25, 0.3) is 20.7 Å². The first-order valence-corrected chi connectivity index (χ1v) is 10.6. The number of aromatic nitrogens is 2. The Kier molecular flexibility index (Phi) is 6.13. The van der Waals surface area contributed by atoms with Gasteiger partial charge in [0, 0.05) is 15.6 Å². The molecule has 0 aliphatic heterocycles. The van der Waals surface area contributed by atoms with E-state index in [4.69, 9.17) is 11.6 Å². The number of rotatable bonds is 6. The lowest BCUT2D eigenvalue weighted by Gasteiger charge is -2.15. The largest absolute Gasteiger partial charge is 0.325 e. The number of aromatic amines is 1. The van der Waals surface area contributed by atoms with Crippen molar-refractivity contribution < 1.29 is 9.18 Å². The third kappa shape index (κ3) is 5.16. The van der Waals surface area contributed by atoms with Crippen LogP contribution in [0.15, 0.2) is 59.4 Å². The van der Waals surface area contributed by atoms with Gasteiger partial charge in [0.15, 0.2) is 0 Å². The molecule has 0 aliphatic carbocycles. The maximum absolute atomic E-state index is 13.2. The normalized spacial score (nSPS) is 11.2. The van der Waals surface area contributed by atoms with E-state index < -0.39 is 0 Å². The molecule has 0 fully saturated rings. The Bertz CT molecular complexity index is 1300. The zero-order valence-electron chi connectivity index (χ0n) is 16.5. The van der Waals surface area contributed by atoms with Crippen LogP contribution in [0.3, 0.4) is 0 Å². The molecule has 4 rings (SSSR count). The van der Waals surface area contributed by atoms with E-state index in [2.05, 4.69) is 15.3 Å². The van der Waals surface area contributed by atoms with Crippen LogP contribution < -0.4 is 10.9 Å². The zero-order chi connectivity index (χ0) is 22.0. The number of nitrogens with zero attached hydrogens (tertiary/aromatic N) is 2. The lowest BCUT2D eigenvalue weighted by Crippen LogP contribution is -2.31. The Balaban J connectivity index is 1.47. The van der Waals surface area contributed by atoms with Crippen molar-refractivity contribution in [3.05, 3.63) is 81.6 Å². The predicted octanol–water partition coefficient (Wildman–Crippen LogP) is 4.51. The highest BCUT2D eigenvalue weighted by molar-refractivity contribution is 7.22. The molecule has 2 aromatic heterocycles. The molecule has 0 spiro atoms. The molecule has 2 heterocycles. The van der Waals surface area contributed by atoms with Crippen molar-refractivity contribution in [2.75, 3.05) is 18.9 Å². The Morgan fingerprint density at radius 3 is 2.74 bits per heavy atom. The van der Waals surface area contributed by atoms with Crippen molar-refractivity contribution in [2.45, 2.75) is 6.54 Å². The lowest BCUT2D eigenvalue weighted by molar-refractivity contribution is -0.117. The Hall–Kier alpha value is -3.07. The van der Waals surface area contributed by atoms with E-state index >= 15 is 0 Å². The first kappa shape index (κ1) is 21.2. The minimum atomic E-state index is -0.314. The zero-order valence-corrected chi connectivity index (χ0v) is 18.1. The number of carbonyl (C=O) groups excluding carboxylic acids is 1. The van der Waals surface area contributed by atoms with Gasteiger partial charge in [-0.1, -0.05) is 29.8 Å². The maximum atomic E-state index is 13.2. The van der Waals surface area contributed by atoms with Crippen LogP contribution in [0.4, 0.5) is 10.1 Å². The van der Waals surface area contributed by atoms with Gasteiger partial charge in [0.05, 0.1) is 18.6 Å². The van der Waals surface area contributed by atoms with Gasteiger partial charge in [0.25, 0.3) is 5.56 Å². The number of nitrogens with one attached hydrogen (secondary N) is 2. The van der Waals surface area contributed by atoms with Crippen LogP contribution in [0.5, 0.6) is 0 Å². The number of H-pyrrole nitrogens is 1. The fourth-order valence-corrected chi connectivity index (χ4v) is 4.33. The van der Waals surface area contributed by atoms with Crippen molar-refractivity contribution in [1.29, 1.82) is 0 Å². The monoisotopic (exact) mass is 456 g/mol. The lowest BCUT2D eigenvalue weighted by atomic mass is 10.2. The summed E-state index contributed by atoms with van der Waals surface area (Å²) in [6.07, 6.45) is 0. The Labute approximate surface area is 186 Å². The van der Waals surface area contributed by atoms with Gasteiger partial charge >= 0.3 is 0 Å². The molecule has 0 atom stereocenters. The molecular formula is C22H18ClFN4O2S. The number of carbonyl (C=O) groups is 1. The second-order valence-electron chi connectivity index (χ2n) is 7.08. The molecule has 0 saturated carbocycles. The fourth-order valence-electron chi connectivity index (χ4n) is 3.14. The second-order valence-corrected chi connectivity index (χ2v) is 8.56. The molecule has 9 heteroatoms. The number of likely N-dealkylation sites (N-methyl/N-ethyl adjacent to an activating group) is 1. The third-order valence-electron chi connectivity index (χ3n) is 4.50. The maximum Gasteiger partial charge on any atom is 0.268 e. The summed E-state index contributed by atoms with van der Waals surface area (Å²) in [4.78, 5) is 34.7. The highest BCUT2D eigenvalue weighted by atomic mass is 35.5. The predicted molar refractivity (Wildman–Crippen MR) is 122 cm³/mol. The quantitative estimate of drug-likeness (QED) is 0.447. The Morgan fingerprint density at radius 2 is 2.00 bits per heavy atom. The molecule has 0 unspecified atom stereocenters. The van der Waals surface area contributed by atoms with Gasteiger partial charge in [-0.05, 0) is 49.0 Å². The molecule has 2 N–H and O–H groups in total. The summed E-state index contributed by atoms with van der Waals surface area (Å²) in [7, 11) is 1.76.